The highest BCUT2D eigenvalue weighted by Crippen LogP contribution is 2.23. The van der Waals surface area contributed by atoms with Crippen molar-refractivity contribution in [2.45, 2.75) is 19.4 Å². The van der Waals surface area contributed by atoms with Gasteiger partial charge in [0, 0.05) is 29.4 Å². The number of benzene rings is 2. The topological polar surface area (TPSA) is 61.3 Å². The van der Waals surface area contributed by atoms with Gasteiger partial charge >= 0.3 is 0 Å². The predicted octanol–water partition coefficient (Wildman–Crippen LogP) is 3.72. The summed E-state index contributed by atoms with van der Waals surface area (Å²) in [7, 11) is 0. The lowest BCUT2D eigenvalue weighted by Gasteiger charge is -2.13. The second-order valence-corrected chi connectivity index (χ2v) is 5.64. The lowest BCUT2D eigenvalue weighted by atomic mass is 10.0. The maximum Gasteiger partial charge on any atom is 0.125 e. The molecule has 0 radical (unpaired) electrons. The number of nitrogens with one attached hydrogen (secondary N) is 1. The monoisotopic (exact) mass is 323 g/mol. The van der Waals surface area contributed by atoms with Crippen LogP contribution in [0.3, 0.4) is 0 Å². The molecule has 2 aromatic carbocycles. The van der Waals surface area contributed by atoms with Crippen LogP contribution in [-0.4, -0.2) is 26.8 Å². The van der Waals surface area contributed by atoms with Crippen molar-refractivity contribution in [2.75, 3.05) is 0 Å². The second-order valence-electron chi connectivity index (χ2n) is 5.64. The average Bonchev–Trinajstić information content (AvgIpc) is 3.09. The molecule has 0 fully saturated rings. The number of hydrogen-bond donors (Lipinski definition) is 2. The molecule has 0 aliphatic carbocycles. The summed E-state index contributed by atoms with van der Waals surface area (Å²) in [6, 6.07) is 13.3. The molecule has 0 bridgehead atoms. The number of phenols is 1. The van der Waals surface area contributed by atoms with E-state index < -0.39 is 5.82 Å². The van der Waals surface area contributed by atoms with E-state index in [1.165, 1.54) is 18.2 Å². The lowest BCUT2D eigenvalue weighted by molar-refractivity contribution is 0.472. The highest BCUT2D eigenvalue weighted by Gasteiger charge is 2.14. The zero-order valence-electron chi connectivity index (χ0n) is 13.3. The number of aliphatic imine (C=N–C) groups is 1. The van der Waals surface area contributed by atoms with E-state index >= 15 is 0 Å². The van der Waals surface area contributed by atoms with E-state index in [0.29, 0.717) is 17.7 Å². The molecule has 1 aromatic heterocycles. The van der Waals surface area contributed by atoms with Gasteiger partial charge in [-0.3, -0.25) is 4.99 Å². The van der Waals surface area contributed by atoms with Gasteiger partial charge in [-0.25, -0.2) is 9.37 Å². The third-order valence-electron chi connectivity index (χ3n) is 3.68. The summed E-state index contributed by atoms with van der Waals surface area (Å²) in [5.74, 6) is -0.402. The van der Waals surface area contributed by atoms with Crippen molar-refractivity contribution < 1.29 is 9.50 Å². The number of imidazole rings is 1. The number of rotatable bonds is 5. The number of hydrogen-bond acceptors (Lipinski definition) is 3. The van der Waals surface area contributed by atoms with Crippen LogP contribution in [0.25, 0.3) is 0 Å². The van der Waals surface area contributed by atoms with Gasteiger partial charge < -0.3 is 10.1 Å². The van der Waals surface area contributed by atoms with Gasteiger partial charge in [0.15, 0.2) is 0 Å². The Hall–Kier alpha value is -2.95. The quantitative estimate of drug-likeness (QED) is 0.703. The van der Waals surface area contributed by atoms with Crippen LogP contribution in [0.1, 0.15) is 23.7 Å². The molecule has 3 aromatic rings. The summed E-state index contributed by atoms with van der Waals surface area (Å²) in [6.07, 6.45) is 4.06. The normalized spacial score (nSPS) is 13.0. The van der Waals surface area contributed by atoms with Crippen LogP contribution >= 0.6 is 0 Å². The summed E-state index contributed by atoms with van der Waals surface area (Å²) < 4.78 is 13.7. The largest absolute Gasteiger partial charge is 0.507 e. The smallest absolute Gasteiger partial charge is 0.125 e. The first-order valence-corrected chi connectivity index (χ1v) is 7.73. The minimum Gasteiger partial charge on any atom is -0.507 e. The summed E-state index contributed by atoms with van der Waals surface area (Å²) in [4.78, 5) is 11.8. The summed E-state index contributed by atoms with van der Waals surface area (Å²) >= 11 is 0. The van der Waals surface area contributed by atoms with Crippen LogP contribution in [0.2, 0.25) is 0 Å². The first kappa shape index (κ1) is 15.9. The van der Waals surface area contributed by atoms with Gasteiger partial charge in [-0.1, -0.05) is 30.3 Å². The van der Waals surface area contributed by atoms with E-state index in [0.717, 1.165) is 11.3 Å². The molecule has 0 saturated carbocycles. The molecule has 3 rings (SSSR count). The first-order chi connectivity index (χ1) is 11.6. The van der Waals surface area contributed by atoms with Crippen molar-refractivity contribution in [3.05, 3.63) is 83.7 Å². The fourth-order valence-corrected chi connectivity index (χ4v) is 2.57. The van der Waals surface area contributed by atoms with Crippen molar-refractivity contribution in [3.63, 3.8) is 0 Å². The minimum absolute atomic E-state index is 0.00717. The Bertz CT molecular complexity index is 829. The molecule has 0 saturated heterocycles. The van der Waals surface area contributed by atoms with Crippen LogP contribution < -0.4 is 0 Å². The summed E-state index contributed by atoms with van der Waals surface area (Å²) in [5, 5.41) is 10.2. The maximum atomic E-state index is 13.7. The molecular weight excluding hydrogens is 305 g/mol. The minimum atomic E-state index is -0.410. The number of halogens is 1. The van der Waals surface area contributed by atoms with Crippen LogP contribution in [0.4, 0.5) is 4.39 Å². The molecule has 24 heavy (non-hydrogen) atoms. The Balaban J connectivity index is 2.02. The molecule has 1 unspecified atom stereocenters. The van der Waals surface area contributed by atoms with Gasteiger partial charge in [0.25, 0.3) is 0 Å². The molecule has 4 nitrogen and oxygen atoms in total. The van der Waals surface area contributed by atoms with Gasteiger partial charge in [-0.15, -0.1) is 0 Å². The highest BCUT2D eigenvalue weighted by molar-refractivity contribution is 6.14. The van der Waals surface area contributed by atoms with E-state index in [2.05, 4.69) is 9.97 Å². The highest BCUT2D eigenvalue weighted by atomic mass is 19.1. The Morgan fingerprint density at radius 2 is 2.04 bits per heavy atom. The van der Waals surface area contributed by atoms with E-state index in [1.807, 2.05) is 37.3 Å². The fourth-order valence-electron chi connectivity index (χ4n) is 2.57. The molecule has 1 atom stereocenters. The Labute approximate surface area is 139 Å². The number of aromatic hydroxyl groups is 1. The molecule has 2 N–H and O–H groups in total. The van der Waals surface area contributed by atoms with Crippen molar-refractivity contribution in [1.82, 2.24) is 9.97 Å². The predicted molar refractivity (Wildman–Crippen MR) is 91.9 cm³/mol. The first-order valence-electron chi connectivity index (χ1n) is 7.73. The third kappa shape index (κ3) is 3.68. The molecule has 0 aliphatic rings. The van der Waals surface area contributed by atoms with Gasteiger partial charge in [-0.05, 0) is 25.1 Å². The van der Waals surface area contributed by atoms with Gasteiger partial charge in [0.2, 0.25) is 0 Å². The molecule has 122 valence electrons. The maximum absolute atomic E-state index is 13.7. The van der Waals surface area contributed by atoms with Gasteiger partial charge in [0.05, 0.1) is 18.1 Å². The Kier molecular flexibility index (Phi) is 4.70. The van der Waals surface area contributed by atoms with Crippen molar-refractivity contribution >= 4 is 5.71 Å². The zero-order valence-corrected chi connectivity index (χ0v) is 13.3. The standard InChI is InChI=1S/C19H18FN3O/c1-13(9-16-11-21-12-22-16)23-19(14-5-3-2-4-6-14)17-10-15(20)7-8-18(17)24/h2-8,10-13,24H,9H2,1H3,(H,21,22). The van der Waals surface area contributed by atoms with E-state index in [4.69, 9.17) is 4.99 Å². The third-order valence-corrected chi connectivity index (χ3v) is 3.68. The average molecular weight is 323 g/mol. The SMILES string of the molecule is CC(Cc1cnc[nH]1)N=C(c1ccccc1)c1cc(F)ccc1O. The van der Waals surface area contributed by atoms with E-state index in [1.54, 1.807) is 12.5 Å². The fraction of sp³-hybridized carbons (Fsp3) is 0.158. The van der Waals surface area contributed by atoms with Crippen molar-refractivity contribution in [2.24, 2.45) is 4.99 Å². The Morgan fingerprint density at radius 3 is 2.75 bits per heavy atom. The molecule has 1 heterocycles. The number of aromatic nitrogens is 2. The Morgan fingerprint density at radius 1 is 1.25 bits per heavy atom. The molecule has 0 spiro atoms. The van der Waals surface area contributed by atoms with Gasteiger partial charge in [-0.2, -0.15) is 0 Å². The molecular formula is C19H18FN3O. The molecule has 0 aliphatic heterocycles. The van der Waals surface area contributed by atoms with Crippen LogP contribution in [0.15, 0.2) is 66.0 Å². The zero-order chi connectivity index (χ0) is 16.9. The second kappa shape index (κ2) is 7.08. The molecule has 0 amide bonds. The number of phenolic OH excluding ortho intramolecular Hbond substituents is 1. The van der Waals surface area contributed by atoms with Crippen LogP contribution in [0, 0.1) is 5.82 Å². The van der Waals surface area contributed by atoms with Crippen LogP contribution in [-0.2, 0) is 6.42 Å². The number of aromatic amines is 1. The van der Waals surface area contributed by atoms with Crippen molar-refractivity contribution in [1.29, 1.82) is 0 Å². The van der Waals surface area contributed by atoms with Crippen LogP contribution in [0.5, 0.6) is 5.75 Å². The van der Waals surface area contributed by atoms with Gasteiger partial charge in [0.1, 0.15) is 11.6 Å². The van der Waals surface area contributed by atoms with Crippen molar-refractivity contribution in [3.8, 4) is 5.75 Å². The number of H-pyrrole nitrogens is 1. The summed E-state index contributed by atoms with van der Waals surface area (Å²) in [6.45, 7) is 1.97. The summed E-state index contributed by atoms with van der Waals surface area (Å²) in [5.41, 5.74) is 2.76. The van der Waals surface area contributed by atoms with E-state index in [9.17, 15) is 9.50 Å². The lowest BCUT2D eigenvalue weighted by Crippen LogP contribution is -2.12. The molecule has 5 heteroatoms. The van der Waals surface area contributed by atoms with E-state index in [-0.39, 0.29) is 11.8 Å². The number of nitrogens with zero attached hydrogens (tertiary/aromatic N) is 2.